The van der Waals surface area contributed by atoms with Crippen molar-refractivity contribution < 1.29 is 0 Å². The third kappa shape index (κ3) is 4.08. The first-order valence-corrected chi connectivity index (χ1v) is 6.01. The van der Waals surface area contributed by atoms with Crippen molar-refractivity contribution >= 4 is 11.6 Å². The van der Waals surface area contributed by atoms with Crippen molar-refractivity contribution in [1.82, 2.24) is 0 Å². The van der Waals surface area contributed by atoms with Crippen LogP contribution < -0.4 is 0 Å². The minimum absolute atomic E-state index is 0.793. The number of rotatable bonds is 2. The molecule has 0 spiro atoms. The molecular formula is C15H17Cl. The van der Waals surface area contributed by atoms with Gasteiger partial charge in [0.1, 0.15) is 0 Å². The highest BCUT2D eigenvalue weighted by Crippen LogP contribution is 2.13. The minimum atomic E-state index is 0.793. The molecule has 0 saturated carbocycles. The Morgan fingerprint density at radius 2 is 1.25 bits per heavy atom. The van der Waals surface area contributed by atoms with E-state index >= 15 is 0 Å². The largest absolute Gasteiger partial charge is 0.0843 e. The molecular weight excluding hydrogens is 216 g/mol. The highest BCUT2D eigenvalue weighted by atomic mass is 35.5. The van der Waals surface area contributed by atoms with Gasteiger partial charge in [0.25, 0.3) is 0 Å². The molecule has 0 aliphatic carbocycles. The van der Waals surface area contributed by atoms with Crippen molar-refractivity contribution in [3.05, 3.63) is 70.7 Å². The van der Waals surface area contributed by atoms with E-state index in [2.05, 4.69) is 36.4 Å². The van der Waals surface area contributed by atoms with Gasteiger partial charge >= 0.3 is 0 Å². The number of hydrogen-bond donors (Lipinski definition) is 0. The van der Waals surface area contributed by atoms with E-state index in [1.165, 1.54) is 11.1 Å². The van der Waals surface area contributed by atoms with Crippen molar-refractivity contribution in [3.63, 3.8) is 0 Å². The van der Waals surface area contributed by atoms with Gasteiger partial charge in [0.05, 0.1) is 0 Å². The second-order valence-corrected chi connectivity index (χ2v) is 3.73. The van der Waals surface area contributed by atoms with Gasteiger partial charge in [0.2, 0.25) is 0 Å². The fourth-order valence-corrected chi connectivity index (χ4v) is 1.56. The zero-order valence-electron chi connectivity index (χ0n) is 9.78. The summed E-state index contributed by atoms with van der Waals surface area (Å²) in [4.78, 5) is 0. The maximum Gasteiger partial charge on any atom is 0.0406 e. The van der Waals surface area contributed by atoms with Gasteiger partial charge in [-0.05, 0) is 29.7 Å². The number of benzene rings is 2. The predicted octanol–water partition coefficient (Wildman–Crippen LogP) is 4.96. The SMILES string of the molecule is CC.Clc1ccc(Cc2ccccc2)cc1. The van der Waals surface area contributed by atoms with Crippen LogP contribution in [0.5, 0.6) is 0 Å². The van der Waals surface area contributed by atoms with Crippen LogP contribution >= 0.6 is 11.6 Å². The van der Waals surface area contributed by atoms with Crippen LogP contribution in [0.25, 0.3) is 0 Å². The van der Waals surface area contributed by atoms with E-state index in [0.29, 0.717) is 0 Å². The Kier molecular flexibility index (Phi) is 5.66. The highest BCUT2D eigenvalue weighted by Gasteiger charge is 1.94. The molecule has 16 heavy (non-hydrogen) atoms. The van der Waals surface area contributed by atoms with Crippen LogP contribution in [-0.4, -0.2) is 0 Å². The standard InChI is InChI=1S/C13H11Cl.C2H6/c14-13-8-6-12(7-9-13)10-11-4-2-1-3-5-11;1-2/h1-9H,10H2;1-2H3. The predicted molar refractivity (Wildman–Crippen MR) is 72.0 cm³/mol. The molecule has 1 heteroatoms. The lowest BCUT2D eigenvalue weighted by molar-refractivity contribution is 1.19. The molecule has 0 aliphatic heterocycles. The molecule has 0 heterocycles. The van der Waals surface area contributed by atoms with Gasteiger partial charge in [-0.25, -0.2) is 0 Å². The van der Waals surface area contributed by atoms with E-state index in [4.69, 9.17) is 11.6 Å². The molecule has 0 N–H and O–H groups in total. The zero-order valence-corrected chi connectivity index (χ0v) is 10.5. The van der Waals surface area contributed by atoms with E-state index in [1.54, 1.807) is 0 Å². The molecule has 0 radical (unpaired) electrons. The molecule has 0 unspecified atom stereocenters. The first kappa shape index (κ1) is 12.8. The first-order valence-electron chi connectivity index (χ1n) is 5.63. The molecule has 0 aromatic heterocycles. The average molecular weight is 233 g/mol. The summed E-state index contributed by atoms with van der Waals surface area (Å²) in [6, 6.07) is 18.4. The van der Waals surface area contributed by atoms with Crippen LogP contribution in [0.3, 0.4) is 0 Å². The molecule has 0 fully saturated rings. The van der Waals surface area contributed by atoms with Crippen molar-refractivity contribution in [3.8, 4) is 0 Å². The third-order valence-electron chi connectivity index (χ3n) is 2.16. The van der Waals surface area contributed by atoms with Crippen molar-refractivity contribution in [2.75, 3.05) is 0 Å². The summed E-state index contributed by atoms with van der Waals surface area (Å²) in [6.45, 7) is 4.00. The summed E-state index contributed by atoms with van der Waals surface area (Å²) in [5.74, 6) is 0. The van der Waals surface area contributed by atoms with Crippen LogP contribution in [0.2, 0.25) is 5.02 Å². The molecule has 2 rings (SSSR count). The van der Waals surface area contributed by atoms with Crippen LogP contribution in [0, 0.1) is 0 Å². The second kappa shape index (κ2) is 7.08. The zero-order chi connectivity index (χ0) is 11.8. The van der Waals surface area contributed by atoms with Crippen LogP contribution in [0.4, 0.5) is 0 Å². The van der Waals surface area contributed by atoms with Crippen LogP contribution in [-0.2, 0) is 6.42 Å². The van der Waals surface area contributed by atoms with E-state index in [9.17, 15) is 0 Å². The van der Waals surface area contributed by atoms with Gasteiger partial charge in [-0.3, -0.25) is 0 Å². The van der Waals surface area contributed by atoms with Gasteiger partial charge in [-0.2, -0.15) is 0 Å². The lowest BCUT2D eigenvalue weighted by atomic mass is 10.1. The van der Waals surface area contributed by atoms with Gasteiger partial charge < -0.3 is 0 Å². The summed E-state index contributed by atoms with van der Waals surface area (Å²) in [5, 5.41) is 0.793. The Morgan fingerprint density at radius 1 is 0.750 bits per heavy atom. The fraction of sp³-hybridized carbons (Fsp3) is 0.200. The summed E-state index contributed by atoms with van der Waals surface area (Å²) < 4.78 is 0. The lowest BCUT2D eigenvalue weighted by Crippen LogP contribution is -1.86. The molecule has 84 valence electrons. The highest BCUT2D eigenvalue weighted by molar-refractivity contribution is 6.30. The monoisotopic (exact) mass is 232 g/mol. The van der Waals surface area contributed by atoms with Crippen LogP contribution in [0.15, 0.2) is 54.6 Å². The minimum Gasteiger partial charge on any atom is -0.0843 e. The Balaban J connectivity index is 0.000000606. The van der Waals surface area contributed by atoms with Gasteiger partial charge in [-0.1, -0.05) is 67.9 Å². The Bertz CT molecular complexity index is 390. The molecule has 0 bridgehead atoms. The summed E-state index contributed by atoms with van der Waals surface area (Å²) >= 11 is 5.81. The Hall–Kier alpha value is -1.27. The van der Waals surface area contributed by atoms with E-state index in [-0.39, 0.29) is 0 Å². The summed E-state index contributed by atoms with van der Waals surface area (Å²) in [6.07, 6.45) is 0.970. The average Bonchev–Trinajstić information content (AvgIpc) is 2.36. The van der Waals surface area contributed by atoms with Crippen LogP contribution in [0.1, 0.15) is 25.0 Å². The number of halogens is 1. The van der Waals surface area contributed by atoms with Gasteiger partial charge in [-0.15, -0.1) is 0 Å². The number of hydrogen-bond acceptors (Lipinski definition) is 0. The Labute approximate surface area is 103 Å². The molecule has 0 atom stereocenters. The molecule has 2 aromatic rings. The van der Waals surface area contributed by atoms with Gasteiger partial charge in [0.15, 0.2) is 0 Å². The van der Waals surface area contributed by atoms with Crippen molar-refractivity contribution in [1.29, 1.82) is 0 Å². The van der Waals surface area contributed by atoms with Crippen molar-refractivity contribution in [2.45, 2.75) is 20.3 Å². The topological polar surface area (TPSA) is 0 Å². The van der Waals surface area contributed by atoms with E-state index in [0.717, 1.165) is 11.4 Å². The maximum absolute atomic E-state index is 5.81. The van der Waals surface area contributed by atoms with Gasteiger partial charge in [0, 0.05) is 5.02 Å². The molecule has 0 aliphatic rings. The normalized spacial score (nSPS) is 9.19. The lowest BCUT2D eigenvalue weighted by Gasteiger charge is -2.01. The second-order valence-electron chi connectivity index (χ2n) is 3.29. The molecule has 0 nitrogen and oxygen atoms in total. The van der Waals surface area contributed by atoms with Crippen molar-refractivity contribution in [2.24, 2.45) is 0 Å². The maximum atomic E-state index is 5.81. The smallest absolute Gasteiger partial charge is 0.0406 e. The van der Waals surface area contributed by atoms with E-state index in [1.807, 2.05) is 32.0 Å². The fourth-order valence-electron chi connectivity index (χ4n) is 1.43. The van der Waals surface area contributed by atoms with E-state index < -0.39 is 0 Å². The summed E-state index contributed by atoms with van der Waals surface area (Å²) in [5.41, 5.74) is 2.62. The molecule has 0 saturated heterocycles. The third-order valence-corrected chi connectivity index (χ3v) is 2.42. The Morgan fingerprint density at radius 3 is 1.81 bits per heavy atom. The first-order chi connectivity index (χ1) is 7.84. The molecule has 0 amide bonds. The summed E-state index contributed by atoms with van der Waals surface area (Å²) in [7, 11) is 0. The molecule has 2 aromatic carbocycles. The quantitative estimate of drug-likeness (QED) is 0.687.